The second kappa shape index (κ2) is 19.7. The lowest BCUT2D eigenvalue weighted by Crippen LogP contribution is -2.08. The predicted molar refractivity (Wildman–Crippen MR) is 203 cm³/mol. The molecule has 0 aliphatic carbocycles. The Labute approximate surface area is 310 Å². The summed E-state index contributed by atoms with van der Waals surface area (Å²) in [5, 5.41) is 12.9. The molecule has 1 unspecified atom stereocenters. The van der Waals surface area contributed by atoms with Crippen molar-refractivity contribution in [1.29, 1.82) is 0 Å². The quantitative estimate of drug-likeness (QED) is 0.0576. The van der Waals surface area contributed by atoms with Crippen LogP contribution in [0, 0.1) is 17.4 Å². The topological polar surface area (TPSA) is 107 Å². The number of benzene rings is 2. The molecule has 0 radical (unpaired) electrons. The Morgan fingerprint density at radius 3 is 1.70 bits per heavy atom. The molecule has 254 valence electrons. The van der Waals surface area contributed by atoms with Crippen LogP contribution >= 0.6 is 69.3 Å². The lowest BCUT2D eigenvalue weighted by atomic mass is 9.90. The number of aliphatic hydroxyl groups is 1. The Morgan fingerprint density at radius 1 is 0.766 bits per heavy atom. The van der Waals surface area contributed by atoms with E-state index in [1.807, 2.05) is 44.6 Å². The minimum atomic E-state index is -0.898. The number of ether oxygens (including phenoxy) is 2. The van der Waals surface area contributed by atoms with E-state index in [1.54, 1.807) is 32.7 Å². The molecule has 1 N–H and O–H groups in total. The monoisotopic (exact) mass is 830 g/mol. The number of aliphatic hydroxyl groups excluding tert-OH is 1. The SMILES string of the molecule is COc1cc(C(O)c2cnc(SC)nc2Cl)c(C(C)C)cc1C.COc1cc(C=O)c(C(C)C)cc1C.CSc1ncc(I)c(Cl)n1. The van der Waals surface area contributed by atoms with Gasteiger partial charge in [0.25, 0.3) is 0 Å². The zero-order valence-corrected chi connectivity index (χ0v) is 33.5. The van der Waals surface area contributed by atoms with Crippen LogP contribution < -0.4 is 9.47 Å². The van der Waals surface area contributed by atoms with Crippen molar-refractivity contribution in [2.45, 2.75) is 69.8 Å². The molecule has 2 aromatic carbocycles. The first-order chi connectivity index (χ1) is 22.2. The molecule has 0 saturated carbocycles. The van der Waals surface area contributed by atoms with E-state index >= 15 is 0 Å². The van der Waals surface area contributed by atoms with Crippen LogP contribution in [0.25, 0.3) is 0 Å². The molecule has 0 bridgehead atoms. The summed E-state index contributed by atoms with van der Waals surface area (Å²) in [5.74, 6) is 2.13. The van der Waals surface area contributed by atoms with Gasteiger partial charge in [-0.2, -0.15) is 0 Å². The lowest BCUT2D eigenvalue weighted by molar-refractivity contribution is 0.112. The molecule has 8 nitrogen and oxygen atoms in total. The van der Waals surface area contributed by atoms with Crippen LogP contribution in [0.2, 0.25) is 10.3 Å². The van der Waals surface area contributed by atoms with E-state index in [4.69, 9.17) is 32.7 Å². The first kappa shape index (κ1) is 41.0. The number of carbonyl (C=O) groups is 1. The molecule has 1 atom stereocenters. The Hall–Kier alpha value is -2.16. The van der Waals surface area contributed by atoms with Crippen LogP contribution in [0.3, 0.4) is 0 Å². The number of methoxy groups -OCH3 is 2. The smallest absolute Gasteiger partial charge is 0.188 e. The lowest BCUT2D eigenvalue weighted by Gasteiger charge is -2.21. The van der Waals surface area contributed by atoms with Crippen LogP contribution in [0.5, 0.6) is 11.5 Å². The van der Waals surface area contributed by atoms with Gasteiger partial charge >= 0.3 is 0 Å². The first-order valence-electron chi connectivity index (χ1n) is 14.5. The molecule has 4 aromatic rings. The fourth-order valence-corrected chi connectivity index (χ4v) is 5.87. The first-order valence-corrected chi connectivity index (χ1v) is 18.8. The van der Waals surface area contributed by atoms with Crippen molar-refractivity contribution in [3.8, 4) is 11.5 Å². The molecule has 0 amide bonds. The zero-order chi connectivity index (χ0) is 35.4. The number of rotatable bonds is 9. The minimum absolute atomic E-state index is 0.259. The molecule has 2 aromatic heterocycles. The third kappa shape index (κ3) is 11.5. The van der Waals surface area contributed by atoms with Gasteiger partial charge in [-0.3, -0.25) is 4.79 Å². The van der Waals surface area contributed by atoms with Gasteiger partial charge in [0.1, 0.15) is 34.2 Å². The van der Waals surface area contributed by atoms with Gasteiger partial charge in [-0.05, 0) is 101 Å². The maximum Gasteiger partial charge on any atom is 0.188 e. The minimum Gasteiger partial charge on any atom is -0.496 e. The van der Waals surface area contributed by atoms with Gasteiger partial charge in [-0.15, -0.1) is 0 Å². The molecular weight excluding hydrogens is 790 g/mol. The van der Waals surface area contributed by atoms with Crippen molar-refractivity contribution in [3.05, 3.63) is 89.5 Å². The number of aryl methyl sites for hydroxylation is 2. The Bertz CT molecular complexity index is 1660. The Balaban J connectivity index is 0.000000271. The average molecular weight is 832 g/mol. The Kier molecular flexibility index (Phi) is 17.2. The predicted octanol–water partition coefficient (Wildman–Crippen LogP) is 9.77. The van der Waals surface area contributed by atoms with Gasteiger partial charge in [-0.25, -0.2) is 19.9 Å². The van der Waals surface area contributed by atoms with E-state index in [1.165, 1.54) is 23.5 Å². The standard InChI is InChI=1S/C17H21ClN2O2S.C12H16O2.C5H4ClIN2S/c1-9(2)11-6-10(3)14(22-4)7-12(11)15(21)13-8-19-17(23-5)20-16(13)18;1-8(2)11-5-9(3)12(14-4)6-10(11)7-13;1-10-5-8-2-3(7)4(6)9-5/h6-9,15,21H,1-5H3;5-8H,1-4H3;2H,1H3. The van der Waals surface area contributed by atoms with Crippen LogP contribution in [-0.2, 0) is 0 Å². The van der Waals surface area contributed by atoms with E-state index in [9.17, 15) is 9.90 Å². The molecule has 0 aliphatic heterocycles. The summed E-state index contributed by atoms with van der Waals surface area (Å²) >= 11 is 16.9. The van der Waals surface area contributed by atoms with Crippen LogP contribution in [-0.4, -0.2) is 58.1 Å². The van der Waals surface area contributed by atoms with Crippen molar-refractivity contribution in [2.75, 3.05) is 26.7 Å². The number of carbonyl (C=O) groups excluding carboxylic acids is 1. The highest BCUT2D eigenvalue weighted by molar-refractivity contribution is 14.1. The number of aromatic nitrogens is 4. The molecule has 0 saturated heterocycles. The maximum absolute atomic E-state index is 10.9. The summed E-state index contributed by atoms with van der Waals surface area (Å²) in [6.07, 6.45) is 7.08. The van der Waals surface area contributed by atoms with Crippen LogP contribution in [0.15, 0.2) is 47.0 Å². The Morgan fingerprint density at radius 2 is 1.26 bits per heavy atom. The van der Waals surface area contributed by atoms with Crippen LogP contribution in [0.1, 0.15) is 89.4 Å². The zero-order valence-electron chi connectivity index (χ0n) is 28.2. The maximum atomic E-state index is 10.9. The number of nitrogens with zero attached hydrogens (tertiary/aromatic N) is 4. The number of thioether (sulfide) groups is 2. The van der Waals surface area contributed by atoms with Gasteiger partial charge in [0.15, 0.2) is 10.3 Å². The molecule has 4 rings (SSSR count). The third-order valence-electron chi connectivity index (χ3n) is 6.95. The summed E-state index contributed by atoms with van der Waals surface area (Å²) in [4.78, 5) is 27.3. The summed E-state index contributed by atoms with van der Waals surface area (Å²) in [6, 6.07) is 7.74. The van der Waals surface area contributed by atoms with Gasteiger partial charge in [0.2, 0.25) is 0 Å². The van der Waals surface area contributed by atoms with Gasteiger partial charge in [0.05, 0.1) is 17.8 Å². The van der Waals surface area contributed by atoms with Crippen molar-refractivity contribution in [1.82, 2.24) is 19.9 Å². The molecule has 0 fully saturated rings. The largest absolute Gasteiger partial charge is 0.496 e. The fraction of sp³-hybridized carbons (Fsp3) is 0.382. The van der Waals surface area contributed by atoms with E-state index in [0.717, 1.165) is 54.7 Å². The van der Waals surface area contributed by atoms with Crippen molar-refractivity contribution in [2.24, 2.45) is 0 Å². The van der Waals surface area contributed by atoms with Gasteiger partial charge in [-0.1, -0.05) is 86.6 Å². The number of halogens is 3. The number of aldehydes is 1. The van der Waals surface area contributed by atoms with Crippen molar-refractivity contribution in [3.63, 3.8) is 0 Å². The average Bonchev–Trinajstić information content (AvgIpc) is 3.05. The molecule has 47 heavy (non-hydrogen) atoms. The third-order valence-corrected chi connectivity index (χ3v) is 9.77. The van der Waals surface area contributed by atoms with Crippen molar-refractivity contribution < 1.29 is 19.4 Å². The van der Waals surface area contributed by atoms with Crippen LogP contribution in [0.4, 0.5) is 0 Å². The molecule has 13 heteroatoms. The second-order valence-electron chi connectivity index (χ2n) is 10.8. The van der Waals surface area contributed by atoms with Gasteiger partial charge < -0.3 is 14.6 Å². The molecule has 0 aliphatic rings. The number of hydrogen-bond donors (Lipinski definition) is 1. The van der Waals surface area contributed by atoms with Gasteiger partial charge in [0, 0.05) is 23.5 Å². The van der Waals surface area contributed by atoms with E-state index in [0.29, 0.717) is 26.9 Å². The summed E-state index contributed by atoms with van der Waals surface area (Å²) in [6.45, 7) is 12.3. The van der Waals surface area contributed by atoms with Crippen molar-refractivity contribution >= 4 is 75.6 Å². The highest BCUT2D eigenvalue weighted by atomic mass is 127. The highest BCUT2D eigenvalue weighted by Gasteiger charge is 2.22. The summed E-state index contributed by atoms with van der Waals surface area (Å²) in [7, 11) is 3.24. The molecule has 0 spiro atoms. The van der Waals surface area contributed by atoms with E-state index < -0.39 is 6.10 Å². The molecular formula is C34H41Cl2IN4O4S2. The normalized spacial score (nSPS) is 11.3. The second-order valence-corrected chi connectivity index (χ2v) is 14.3. The number of hydrogen-bond acceptors (Lipinski definition) is 10. The highest BCUT2D eigenvalue weighted by Crippen LogP contribution is 2.36. The molecule has 2 heterocycles. The summed E-state index contributed by atoms with van der Waals surface area (Å²) < 4.78 is 11.4. The fourth-order valence-electron chi connectivity index (χ4n) is 4.47. The summed E-state index contributed by atoms with van der Waals surface area (Å²) in [5.41, 5.74) is 6.23. The van der Waals surface area contributed by atoms with E-state index in [-0.39, 0.29) is 11.1 Å². The van der Waals surface area contributed by atoms with E-state index in [2.05, 4.69) is 70.2 Å².